The van der Waals surface area contributed by atoms with Gasteiger partial charge in [-0.05, 0) is 30.6 Å². The van der Waals surface area contributed by atoms with E-state index in [1.165, 1.54) is 13.1 Å². The molecule has 162 valence electrons. The van der Waals surface area contributed by atoms with E-state index >= 15 is 0 Å². The van der Waals surface area contributed by atoms with E-state index in [4.69, 9.17) is 0 Å². The summed E-state index contributed by atoms with van der Waals surface area (Å²) in [5, 5.41) is 4.19. The molecule has 0 atom stereocenters. The molecule has 0 bridgehead atoms. The monoisotopic (exact) mass is 430 g/mol. The fraction of sp³-hybridized carbons (Fsp3) is 0.333. The van der Waals surface area contributed by atoms with Crippen LogP contribution in [0, 0.1) is 0 Å². The van der Waals surface area contributed by atoms with Crippen molar-refractivity contribution in [2.75, 3.05) is 43.4 Å². The van der Waals surface area contributed by atoms with E-state index in [2.05, 4.69) is 30.1 Å². The number of carbonyl (C=O) groups excluding carboxylic acids is 1. The maximum Gasteiger partial charge on any atom is 0.417 e. The molecule has 31 heavy (non-hydrogen) atoms. The number of nitrogens with one attached hydrogen (secondary N) is 1. The van der Waals surface area contributed by atoms with Gasteiger partial charge in [0.2, 0.25) is 5.91 Å². The standard InChI is InChI=1S/C21H21F3N6O/c1-13(31)27-19-9-14-8-18(15-7-16(11-25-10-15)21(22,23)24)26-12-17(14)20(28-19)30-5-3-29(2)4-6-30/h7-12H,3-6H2,1-2H3,(H,27,28,31). The Balaban J connectivity index is 1.80. The second kappa shape index (κ2) is 8.10. The van der Waals surface area contributed by atoms with E-state index < -0.39 is 11.7 Å². The van der Waals surface area contributed by atoms with Crippen molar-refractivity contribution in [1.82, 2.24) is 19.9 Å². The van der Waals surface area contributed by atoms with Crippen molar-refractivity contribution in [3.8, 4) is 11.3 Å². The molecule has 0 saturated carbocycles. The summed E-state index contributed by atoms with van der Waals surface area (Å²) in [7, 11) is 2.05. The Hall–Kier alpha value is -3.27. The van der Waals surface area contributed by atoms with Crippen molar-refractivity contribution in [2.45, 2.75) is 13.1 Å². The Morgan fingerprint density at radius 3 is 2.48 bits per heavy atom. The number of piperazine rings is 1. The minimum absolute atomic E-state index is 0.257. The minimum Gasteiger partial charge on any atom is -0.353 e. The van der Waals surface area contributed by atoms with Crippen LogP contribution in [0.5, 0.6) is 0 Å². The first kappa shape index (κ1) is 21.0. The molecule has 1 saturated heterocycles. The fourth-order valence-corrected chi connectivity index (χ4v) is 3.53. The average molecular weight is 430 g/mol. The van der Waals surface area contributed by atoms with Gasteiger partial charge in [0.25, 0.3) is 0 Å². The zero-order valence-corrected chi connectivity index (χ0v) is 17.1. The van der Waals surface area contributed by atoms with E-state index in [-0.39, 0.29) is 11.5 Å². The summed E-state index contributed by atoms with van der Waals surface area (Å²) in [4.78, 5) is 28.7. The summed E-state index contributed by atoms with van der Waals surface area (Å²) >= 11 is 0. The van der Waals surface area contributed by atoms with Gasteiger partial charge in [0.05, 0.1) is 11.3 Å². The van der Waals surface area contributed by atoms with Crippen molar-refractivity contribution in [1.29, 1.82) is 0 Å². The van der Waals surface area contributed by atoms with Gasteiger partial charge in [-0.15, -0.1) is 0 Å². The number of alkyl halides is 3. The number of carbonyl (C=O) groups is 1. The highest BCUT2D eigenvalue weighted by atomic mass is 19.4. The highest BCUT2D eigenvalue weighted by molar-refractivity contribution is 5.98. The van der Waals surface area contributed by atoms with E-state index in [9.17, 15) is 18.0 Å². The lowest BCUT2D eigenvalue weighted by Gasteiger charge is -2.34. The molecule has 4 rings (SSSR count). The Morgan fingerprint density at radius 2 is 1.81 bits per heavy atom. The first-order valence-electron chi connectivity index (χ1n) is 9.75. The number of likely N-dealkylation sites (N-methyl/N-ethyl adjacent to an activating group) is 1. The van der Waals surface area contributed by atoms with Gasteiger partial charge in [0, 0.05) is 62.6 Å². The van der Waals surface area contributed by atoms with Gasteiger partial charge >= 0.3 is 6.18 Å². The molecule has 0 aromatic carbocycles. The molecular formula is C21H21F3N6O. The lowest BCUT2D eigenvalue weighted by Crippen LogP contribution is -2.45. The van der Waals surface area contributed by atoms with Crippen LogP contribution >= 0.6 is 0 Å². The highest BCUT2D eigenvalue weighted by Crippen LogP contribution is 2.33. The zero-order valence-electron chi connectivity index (χ0n) is 17.1. The van der Waals surface area contributed by atoms with Crippen LogP contribution in [0.4, 0.5) is 24.8 Å². The van der Waals surface area contributed by atoms with Crippen LogP contribution in [0.2, 0.25) is 0 Å². The molecule has 1 N–H and O–H groups in total. The molecule has 3 aromatic heterocycles. The van der Waals surface area contributed by atoms with Crippen molar-refractivity contribution >= 4 is 28.3 Å². The van der Waals surface area contributed by atoms with Crippen LogP contribution in [-0.4, -0.2) is 59.0 Å². The van der Waals surface area contributed by atoms with E-state index in [0.29, 0.717) is 17.3 Å². The number of nitrogens with zero attached hydrogens (tertiary/aromatic N) is 5. The van der Waals surface area contributed by atoms with Crippen LogP contribution in [0.15, 0.2) is 36.8 Å². The number of anilines is 2. The summed E-state index contributed by atoms with van der Waals surface area (Å²) < 4.78 is 39.2. The van der Waals surface area contributed by atoms with E-state index in [1.54, 1.807) is 18.3 Å². The zero-order chi connectivity index (χ0) is 22.2. The molecule has 10 heteroatoms. The van der Waals surface area contributed by atoms with Crippen LogP contribution < -0.4 is 10.2 Å². The van der Waals surface area contributed by atoms with Crippen molar-refractivity contribution in [2.24, 2.45) is 0 Å². The Labute approximate surface area is 176 Å². The van der Waals surface area contributed by atoms with Crippen molar-refractivity contribution < 1.29 is 18.0 Å². The number of hydrogen-bond donors (Lipinski definition) is 1. The molecule has 0 radical (unpaired) electrons. The lowest BCUT2D eigenvalue weighted by molar-refractivity contribution is -0.137. The molecule has 1 amide bonds. The van der Waals surface area contributed by atoms with Gasteiger partial charge in [-0.25, -0.2) is 4.98 Å². The topological polar surface area (TPSA) is 74.2 Å². The molecule has 0 unspecified atom stereocenters. The van der Waals surface area contributed by atoms with Crippen LogP contribution in [0.3, 0.4) is 0 Å². The van der Waals surface area contributed by atoms with Gasteiger partial charge in [0.1, 0.15) is 11.6 Å². The molecule has 1 aliphatic heterocycles. The van der Waals surface area contributed by atoms with Crippen LogP contribution in [-0.2, 0) is 11.0 Å². The number of aromatic nitrogens is 3. The normalized spacial score (nSPS) is 15.3. The first-order chi connectivity index (χ1) is 14.7. The molecule has 3 aromatic rings. The molecule has 7 nitrogen and oxygen atoms in total. The third-order valence-electron chi connectivity index (χ3n) is 5.16. The molecule has 1 fully saturated rings. The molecule has 0 spiro atoms. The molecule has 1 aliphatic rings. The summed E-state index contributed by atoms with van der Waals surface area (Å²) in [5.41, 5.74) is -0.218. The van der Waals surface area contributed by atoms with Crippen LogP contribution in [0.25, 0.3) is 22.0 Å². The second-order valence-electron chi connectivity index (χ2n) is 7.55. The predicted octanol–water partition coefficient (Wildman–Crippen LogP) is 3.42. The number of amides is 1. The highest BCUT2D eigenvalue weighted by Gasteiger charge is 2.31. The third-order valence-corrected chi connectivity index (χ3v) is 5.16. The average Bonchev–Trinajstić information content (AvgIpc) is 2.72. The van der Waals surface area contributed by atoms with Gasteiger partial charge in [-0.2, -0.15) is 13.2 Å². The first-order valence-corrected chi connectivity index (χ1v) is 9.75. The smallest absolute Gasteiger partial charge is 0.353 e. The maximum atomic E-state index is 13.1. The van der Waals surface area contributed by atoms with E-state index in [0.717, 1.165) is 49.2 Å². The van der Waals surface area contributed by atoms with Crippen molar-refractivity contribution in [3.05, 3.63) is 42.4 Å². The van der Waals surface area contributed by atoms with Gasteiger partial charge < -0.3 is 15.1 Å². The minimum atomic E-state index is -4.49. The van der Waals surface area contributed by atoms with Gasteiger partial charge in [0.15, 0.2) is 0 Å². The number of fused-ring (bicyclic) bond motifs is 1. The summed E-state index contributed by atoms with van der Waals surface area (Å²) in [6, 6.07) is 4.42. The number of rotatable bonds is 3. The quantitative estimate of drug-likeness (QED) is 0.687. The number of pyridine rings is 3. The van der Waals surface area contributed by atoms with Gasteiger partial charge in [-0.1, -0.05) is 0 Å². The largest absolute Gasteiger partial charge is 0.417 e. The predicted molar refractivity (Wildman–Crippen MR) is 112 cm³/mol. The summed E-state index contributed by atoms with van der Waals surface area (Å²) in [6.07, 6.45) is -0.740. The molecule has 0 aliphatic carbocycles. The number of hydrogen-bond acceptors (Lipinski definition) is 6. The molecular weight excluding hydrogens is 409 g/mol. The van der Waals surface area contributed by atoms with Gasteiger partial charge in [-0.3, -0.25) is 14.8 Å². The maximum absolute atomic E-state index is 13.1. The summed E-state index contributed by atoms with van der Waals surface area (Å²) in [6.45, 7) is 4.67. The van der Waals surface area contributed by atoms with Crippen LogP contribution in [0.1, 0.15) is 12.5 Å². The Bertz CT molecular complexity index is 1130. The lowest BCUT2D eigenvalue weighted by atomic mass is 10.1. The van der Waals surface area contributed by atoms with E-state index in [1.807, 2.05) is 7.05 Å². The van der Waals surface area contributed by atoms with Crippen molar-refractivity contribution in [3.63, 3.8) is 0 Å². The second-order valence-corrected chi connectivity index (χ2v) is 7.55. The fourth-order valence-electron chi connectivity index (χ4n) is 3.53. The third kappa shape index (κ3) is 4.58. The number of halogens is 3. The summed E-state index contributed by atoms with van der Waals surface area (Å²) in [5.74, 6) is 0.816. The SMILES string of the molecule is CC(=O)Nc1cc2cc(-c3cncc(C(F)(F)F)c3)ncc2c(N2CCN(C)CC2)n1. The Morgan fingerprint density at radius 1 is 1.06 bits per heavy atom. The molecule has 4 heterocycles. The Kier molecular flexibility index (Phi) is 5.48.